The van der Waals surface area contributed by atoms with Crippen molar-refractivity contribution in [1.29, 1.82) is 0 Å². The molecule has 0 aromatic heterocycles. The second-order valence-corrected chi connectivity index (χ2v) is 0.729. The van der Waals surface area contributed by atoms with Crippen LogP contribution in [0.4, 0.5) is 0 Å². The van der Waals surface area contributed by atoms with Gasteiger partial charge in [-0.2, -0.15) is 0 Å². The minimum atomic E-state index is -1.10. The first-order valence-electron chi connectivity index (χ1n) is 1.24. The summed E-state index contributed by atoms with van der Waals surface area (Å²) < 4.78 is 0. The van der Waals surface area contributed by atoms with E-state index in [1.165, 1.54) is 0 Å². The zero-order chi connectivity index (χ0) is 5.15. The fraction of sp³-hybridized carbons (Fsp3) is 0. The van der Waals surface area contributed by atoms with Crippen molar-refractivity contribution in [2.24, 2.45) is 11.5 Å². The van der Waals surface area contributed by atoms with E-state index in [2.05, 4.69) is 11.5 Å². The van der Waals surface area contributed by atoms with Gasteiger partial charge in [0.25, 0.3) is 0 Å². The van der Waals surface area contributed by atoms with Gasteiger partial charge in [0, 0.05) is 18.9 Å². The summed E-state index contributed by atoms with van der Waals surface area (Å²) in [5, 5.41) is 0. The number of rotatable bonds is 0. The van der Waals surface area contributed by atoms with Crippen molar-refractivity contribution in [3.63, 3.8) is 0 Å². The zero-order valence-electron chi connectivity index (χ0n) is 3.97. The molecule has 0 spiro atoms. The van der Waals surface area contributed by atoms with E-state index < -0.39 is 11.8 Å². The maximum absolute atomic E-state index is 9.45. The predicted octanol–water partition coefficient (Wildman–Crippen LogP) is -2.42. The first-order valence-corrected chi connectivity index (χ1v) is 1.24. The Morgan fingerprint density at radius 3 is 1.14 bits per heavy atom. The van der Waals surface area contributed by atoms with Gasteiger partial charge in [0.15, 0.2) is 0 Å². The van der Waals surface area contributed by atoms with Crippen molar-refractivity contribution in [3.8, 4) is 0 Å². The molecule has 4 N–H and O–H groups in total. The summed E-state index contributed by atoms with van der Waals surface area (Å²) in [6.07, 6.45) is 0. The number of primary amides is 2. The second kappa shape index (κ2) is 3.72. The molecule has 4 nitrogen and oxygen atoms in total. The van der Waals surface area contributed by atoms with E-state index in [4.69, 9.17) is 0 Å². The Kier molecular flexibility index (Phi) is 5.17. The molecule has 0 aliphatic heterocycles. The van der Waals surface area contributed by atoms with Crippen LogP contribution in [0.15, 0.2) is 0 Å². The third kappa shape index (κ3) is 5.54. The standard InChI is InChI=1S/C2H4N2O2.Li/c3-1(5)2(4)6;/h(H2,3,5)(H2,4,6);. The summed E-state index contributed by atoms with van der Waals surface area (Å²) in [6.45, 7) is 0. The van der Waals surface area contributed by atoms with Crippen LogP contribution >= 0.6 is 0 Å². The molecule has 0 aromatic rings. The summed E-state index contributed by atoms with van der Waals surface area (Å²) in [4.78, 5) is 18.9. The molecule has 0 aromatic carbocycles. The largest absolute Gasteiger partial charge is 0.361 e. The Bertz CT molecular complexity index is 79.7. The molecule has 35 valence electrons. The Labute approximate surface area is 52.4 Å². The van der Waals surface area contributed by atoms with Crippen molar-refractivity contribution in [3.05, 3.63) is 0 Å². The number of nitrogens with two attached hydrogens (primary N) is 2. The van der Waals surface area contributed by atoms with Gasteiger partial charge in [-0.1, -0.05) is 0 Å². The molecule has 0 bridgehead atoms. The van der Waals surface area contributed by atoms with Crippen molar-refractivity contribution in [2.45, 2.75) is 0 Å². The molecular weight excluding hydrogens is 91.0 g/mol. The maximum atomic E-state index is 9.45. The van der Waals surface area contributed by atoms with E-state index in [0.717, 1.165) is 0 Å². The van der Waals surface area contributed by atoms with E-state index >= 15 is 0 Å². The summed E-state index contributed by atoms with van der Waals surface area (Å²) in [7, 11) is 0. The van der Waals surface area contributed by atoms with Crippen LogP contribution in [0.5, 0.6) is 0 Å². The second-order valence-electron chi connectivity index (χ2n) is 0.729. The molecular formula is C2H4LiN2O2. The number of amides is 2. The summed E-state index contributed by atoms with van der Waals surface area (Å²) in [5.74, 6) is -2.20. The molecule has 5 heteroatoms. The van der Waals surface area contributed by atoms with Gasteiger partial charge in [-0.25, -0.2) is 0 Å². The number of hydrogen-bond donors (Lipinski definition) is 2. The Balaban J connectivity index is 0. The van der Waals surface area contributed by atoms with Crippen molar-refractivity contribution < 1.29 is 9.59 Å². The molecule has 0 unspecified atom stereocenters. The SMILES string of the molecule is NC(=O)C(N)=O.[Li]. The topological polar surface area (TPSA) is 86.2 Å². The molecule has 7 heavy (non-hydrogen) atoms. The minimum Gasteiger partial charge on any atom is -0.361 e. The van der Waals surface area contributed by atoms with Crippen LogP contribution in [0.25, 0.3) is 0 Å². The molecule has 0 heterocycles. The van der Waals surface area contributed by atoms with Gasteiger partial charge in [-0.15, -0.1) is 0 Å². The third-order valence-electron chi connectivity index (χ3n) is 0.243. The van der Waals surface area contributed by atoms with Crippen molar-refractivity contribution >= 4 is 30.7 Å². The van der Waals surface area contributed by atoms with Crippen LogP contribution in [0, 0.1) is 0 Å². The van der Waals surface area contributed by atoms with Gasteiger partial charge in [0.05, 0.1) is 0 Å². The van der Waals surface area contributed by atoms with Crippen LogP contribution in [0.2, 0.25) is 0 Å². The molecule has 1 radical (unpaired) electrons. The van der Waals surface area contributed by atoms with Crippen LogP contribution in [0.3, 0.4) is 0 Å². The molecule has 0 saturated heterocycles. The average molecular weight is 95.0 g/mol. The van der Waals surface area contributed by atoms with Gasteiger partial charge in [0.2, 0.25) is 0 Å². The van der Waals surface area contributed by atoms with E-state index in [1.807, 2.05) is 0 Å². The summed E-state index contributed by atoms with van der Waals surface area (Å²) in [6, 6.07) is 0. The van der Waals surface area contributed by atoms with Crippen LogP contribution in [-0.4, -0.2) is 30.7 Å². The van der Waals surface area contributed by atoms with Crippen LogP contribution in [0.1, 0.15) is 0 Å². The van der Waals surface area contributed by atoms with Crippen molar-refractivity contribution in [1.82, 2.24) is 0 Å². The zero-order valence-corrected chi connectivity index (χ0v) is 3.97. The molecule has 0 saturated carbocycles. The number of carbonyl (C=O) groups excluding carboxylic acids is 2. The quantitative estimate of drug-likeness (QED) is 0.259. The van der Waals surface area contributed by atoms with E-state index in [-0.39, 0.29) is 18.9 Å². The number of hydrogen-bond acceptors (Lipinski definition) is 2. The van der Waals surface area contributed by atoms with Gasteiger partial charge >= 0.3 is 11.8 Å². The average Bonchev–Trinajstić information content (AvgIpc) is 1.36. The van der Waals surface area contributed by atoms with E-state index in [0.29, 0.717) is 0 Å². The monoisotopic (exact) mass is 95.0 g/mol. The van der Waals surface area contributed by atoms with Gasteiger partial charge in [-0.05, 0) is 0 Å². The maximum Gasteiger partial charge on any atom is 0.306 e. The minimum absolute atomic E-state index is 0. The Hall–Kier alpha value is -0.463. The van der Waals surface area contributed by atoms with Gasteiger partial charge in [-0.3, -0.25) is 9.59 Å². The fourth-order valence-electron chi connectivity index (χ4n) is 0. The van der Waals surface area contributed by atoms with Gasteiger partial charge in [0.1, 0.15) is 0 Å². The first kappa shape index (κ1) is 9.74. The normalized spacial score (nSPS) is 6.29. The molecule has 0 aliphatic carbocycles. The van der Waals surface area contributed by atoms with Crippen LogP contribution < -0.4 is 11.5 Å². The summed E-state index contributed by atoms with van der Waals surface area (Å²) >= 11 is 0. The molecule has 0 atom stereocenters. The van der Waals surface area contributed by atoms with Crippen molar-refractivity contribution in [2.75, 3.05) is 0 Å². The Morgan fingerprint density at radius 1 is 1.00 bits per heavy atom. The molecule has 0 rings (SSSR count). The summed E-state index contributed by atoms with van der Waals surface area (Å²) in [5.41, 5.74) is 8.64. The third-order valence-corrected chi connectivity index (χ3v) is 0.243. The fourth-order valence-corrected chi connectivity index (χ4v) is 0. The Morgan fingerprint density at radius 2 is 1.14 bits per heavy atom. The smallest absolute Gasteiger partial charge is 0.306 e. The molecule has 0 fully saturated rings. The molecule has 2 amide bonds. The predicted molar refractivity (Wildman–Crippen MR) is 24.1 cm³/mol. The number of carbonyl (C=O) groups is 2. The van der Waals surface area contributed by atoms with Crippen LogP contribution in [-0.2, 0) is 9.59 Å². The van der Waals surface area contributed by atoms with E-state index in [9.17, 15) is 9.59 Å². The van der Waals surface area contributed by atoms with Gasteiger partial charge < -0.3 is 11.5 Å². The molecule has 0 aliphatic rings. The van der Waals surface area contributed by atoms with E-state index in [1.54, 1.807) is 0 Å². The first-order chi connectivity index (χ1) is 2.64.